The Bertz CT molecular complexity index is 422. The van der Waals surface area contributed by atoms with E-state index < -0.39 is 0 Å². The molecule has 5 heteroatoms. The molecule has 18 heavy (non-hydrogen) atoms. The maximum absolute atomic E-state index is 12.4. The molecule has 0 aromatic carbocycles. The van der Waals surface area contributed by atoms with E-state index in [0.717, 1.165) is 12.4 Å². The highest BCUT2D eigenvalue weighted by atomic mass is 16.5. The van der Waals surface area contributed by atoms with Crippen molar-refractivity contribution in [2.45, 2.75) is 19.9 Å². The molecule has 1 saturated heterocycles. The number of carbonyl (C=O) groups excluding carboxylic acids is 1. The van der Waals surface area contributed by atoms with Crippen LogP contribution in [0.2, 0.25) is 0 Å². The summed E-state index contributed by atoms with van der Waals surface area (Å²) in [7, 11) is 0. The van der Waals surface area contributed by atoms with Crippen LogP contribution in [0.15, 0.2) is 18.3 Å². The summed E-state index contributed by atoms with van der Waals surface area (Å²) in [4.78, 5) is 18.4. The lowest BCUT2D eigenvalue weighted by Crippen LogP contribution is -2.47. The largest absolute Gasteiger partial charge is 0.377 e. The van der Waals surface area contributed by atoms with Gasteiger partial charge in [0.1, 0.15) is 5.82 Å². The van der Waals surface area contributed by atoms with Gasteiger partial charge in [-0.15, -0.1) is 0 Å². The van der Waals surface area contributed by atoms with E-state index >= 15 is 0 Å². The number of nitrogens with zero attached hydrogens (tertiary/aromatic N) is 2. The summed E-state index contributed by atoms with van der Waals surface area (Å²) in [5.41, 5.74) is 0.676. The minimum atomic E-state index is 0.0485. The first kappa shape index (κ1) is 12.8. The van der Waals surface area contributed by atoms with Gasteiger partial charge in [-0.3, -0.25) is 4.79 Å². The molecular weight excluding hydrogens is 230 g/mol. The van der Waals surface area contributed by atoms with Gasteiger partial charge in [0.2, 0.25) is 0 Å². The molecule has 0 aliphatic carbocycles. The van der Waals surface area contributed by atoms with E-state index in [1.807, 2.05) is 18.7 Å². The van der Waals surface area contributed by atoms with Crippen molar-refractivity contribution in [3.63, 3.8) is 0 Å². The van der Waals surface area contributed by atoms with Crippen LogP contribution in [-0.4, -0.2) is 48.1 Å². The topological polar surface area (TPSA) is 54.5 Å². The second kappa shape index (κ2) is 5.82. The zero-order valence-corrected chi connectivity index (χ0v) is 10.8. The molecule has 1 aromatic rings. The summed E-state index contributed by atoms with van der Waals surface area (Å²) in [6, 6.07) is 3.68. The monoisotopic (exact) mass is 249 g/mol. The first-order valence-corrected chi connectivity index (χ1v) is 6.31. The minimum Gasteiger partial charge on any atom is -0.377 e. The smallest absolute Gasteiger partial charge is 0.254 e. The van der Waals surface area contributed by atoms with Gasteiger partial charge >= 0.3 is 0 Å². The van der Waals surface area contributed by atoms with Gasteiger partial charge in [0.15, 0.2) is 0 Å². The lowest BCUT2D eigenvalue weighted by Gasteiger charge is -2.33. The van der Waals surface area contributed by atoms with Crippen molar-refractivity contribution in [1.82, 2.24) is 9.88 Å². The Morgan fingerprint density at radius 3 is 3.22 bits per heavy atom. The molecule has 0 bridgehead atoms. The Morgan fingerprint density at radius 2 is 2.50 bits per heavy atom. The highest BCUT2D eigenvalue weighted by Gasteiger charge is 2.24. The summed E-state index contributed by atoms with van der Waals surface area (Å²) in [5.74, 6) is 0.789. The first-order valence-electron chi connectivity index (χ1n) is 6.31. The van der Waals surface area contributed by atoms with Crippen LogP contribution in [0.1, 0.15) is 24.2 Å². The number of nitrogens with one attached hydrogen (secondary N) is 1. The second-order valence-electron chi connectivity index (χ2n) is 4.38. The van der Waals surface area contributed by atoms with Crippen molar-refractivity contribution in [3.05, 3.63) is 23.9 Å². The molecule has 0 saturated carbocycles. The van der Waals surface area contributed by atoms with E-state index in [1.54, 1.807) is 18.3 Å². The van der Waals surface area contributed by atoms with Crippen LogP contribution in [0.3, 0.4) is 0 Å². The molecule has 5 nitrogen and oxygen atoms in total. The molecule has 1 aromatic heterocycles. The zero-order chi connectivity index (χ0) is 13.0. The number of amides is 1. The highest BCUT2D eigenvalue weighted by Crippen LogP contribution is 2.14. The van der Waals surface area contributed by atoms with E-state index in [-0.39, 0.29) is 11.9 Å². The predicted octanol–water partition coefficient (Wildman–Crippen LogP) is 1.37. The lowest BCUT2D eigenvalue weighted by atomic mass is 10.2. The van der Waals surface area contributed by atoms with Crippen molar-refractivity contribution in [1.29, 1.82) is 0 Å². The third kappa shape index (κ3) is 2.79. The van der Waals surface area contributed by atoms with Crippen molar-refractivity contribution in [2.75, 3.05) is 31.6 Å². The Balaban J connectivity index is 2.14. The second-order valence-corrected chi connectivity index (χ2v) is 4.38. The molecule has 1 aliphatic heterocycles. The fourth-order valence-electron chi connectivity index (χ4n) is 2.04. The van der Waals surface area contributed by atoms with Crippen LogP contribution in [0.5, 0.6) is 0 Å². The molecule has 1 aliphatic rings. The third-order valence-corrected chi connectivity index (χ3v) is 2.99. The molecule has 1 unspecified atom stereocenters. The number of aromatic nitrogens is 1. The fraction of sp³-hybridized carbons (Fsp3) is 0.538. The van der Waals surface area contributed by atoms with Crippen molar-refractivity contribution < 1.29 is 9.53 Å². The zero-order valence-electron chi connectivity index (χ0n) is 10.8. The Hall–Kier alpha value is -1.62. The van der Waals surface area contributed by atoms with Gasteiger partial charge in [-0.2, -0.15) is 0 Å². The molecule has 1 atom stereocenters. The fourth-order valence-corrected chi connectivity index (χ4v) is 2.04. The van der Waals surface area contributed by atoms with Gasteiger partial charge in [-0.1, -0.05) is 0 Å². The number of pyridine rings is 1. The molecular formula is C13H19N3O2. The summed E-state index contributed by atoms with van der Waals surface area (Å²) in [6.45, 7) is 6.67. The maximum atomic E-state index is 12.4. The Kier molecular flexibility index (Phi) is 4.15. The quantitative estimate of drug-likeness (QED) is 0.879. The summed E-state index contributed by atoms with van der Waals surface area (Å²) < 4.78 is 5.34. The number of morpholine rings is 1. The van der Waals surface area contributed by atoms with Crippen LogP contribution >= 0.6 is 0 Å². The molecule has 98 valence electrons. The van der Waals surface area contributed by atoms with Crippen molar-refractivity contribution in [2.24, 2.45) is 0 Å². The number of ether oxygens (including phenoxy) is 1. The van der Waals surface area contributed by atoms with Crippen LogP contribution in [0.4, 0.5) is 5.82 Å². The van der Waals surface area contributed by atoms with Crippen LogP contribution in [0.25, 0.3) is 0 Å². The number of carbonyl (C=O) groups is 1. The molecule has 0 radical (unpaired) electrons. The molecule has 0 spiro atoms. The van der Waals surface area contributed by atoms with Gasteiger partial charge in [0, 0.05) is 24.8 Å². The average Bonchev–Trinajstić information content (AvgIpc) is 2.39. The highest BCUT2D eigenvalue weighted by molar-refractivity contribution is 5.95. The van der Waals surface area contributed by atoms with Gasteiger partial charge in [-0.25, -0.2) is 4.98 Å². The van der Waals surface area contributed by atoms with E-state index in [9.17, 15) is 4.79 Å². The van der Waals surface area contributed by atoms with Crippen molar-refractivity contribution >= 4 is 11.7 Å². The molecule has 1 N–H and O–H groups in total. The van der Waals surface area contributed by atoms with Crippen molar-refractivity contribution in [3.8, 4) is 0 Å². The average molecular weight is 249 g/mol. The maximum Gasteiger partial charge on any atom is 0.254 e. The minimum absolute atomic E-state index is 0.0485. The summed E-state index contributed by atoms with van der Waals surface area (Å²) in [5, 5.41) is 3.11. The van der Waals surface area contributed by atoms with Crippen LogP contribution in [-0.2, 0) is 4.74 Å². The SMILES string of the molecule is CCNc1cc(C(=O)N2CCOCC2C)ccn1. The standard InChI is InChI=1S/C13H19N3O2/c1-3-14-12-8-11(4-5-15-12)13(17)16-6-7-18-9-10(16)2/h4-5,8,10H,3,6-7,9H2,1-2H3,(H,14,15). The van der Waals surface area contributed by atoms with E-state index in [1.165, 1.54) is 0 Å². The van der Waals surface area contributed by atoms with Gasteiger partial charge in [-0.05, 0) is 26.0 Å². The summed E-state index contributed by atoms with van der Waals surface area (Å²) in [6.07, 6.45) is 1.66. The third-order valence-electron chi connectivity index (χ3n) is 2.99. The number of rotatable bonds is 3. The molecule has 1 amide bonds. The van der Waals surface area contributed by atoms with E-state index in [2.05, 4.69) is 10.3 Å². The van der Waals surface area contributed by atoms with Gasteiger partial charge < -0.3 is 15.0 Å². The van der Waals surface area contributed by atoms with Crippen LogP contribution < -0.4 is 5.32 Å². The lowest BCUT2D eigenvalue weighted by molar-refractivity contribution is 0.00359. The number of hydrogen-bond acceptors (Lipinski definition) is 4. The van der Waals surface area contributed by atoms with E-state index in [4.69, 9.17) is 4.74 Å². The Labute approximate surface area is 107 Å². The number of hydrogen-bond donors (Lipinski definition) is 1. The molecule has 2 rings (SSSR count). The van der Waals surface area contributed by atoms with Gasteiger partial charge in [0.05, 0.1) is 19.3 Å². The molecule has 1 fully saturated rings. The first-order chi connectivity index (χ1) is 8.72. The Morgan fingerprint density at radius 1 is 1.67 bits per heavy atom. The van der Waals surface area contributed by atoms with E-state index in [0.29, 0.717) is 25.3 Å². The molecule has 2 heterocycles. The number of anilines is 1. The van der Waals surface area contributed by atoms with Crippen LogP contribution in [0, 0.1) is 0 Å². The normalized spacial score (nSPS) is 19.7. The predicted molar refractivity (Wildman–Crippen MR) is 69.7 cm³/mol. The summed E-state index contributed by atoms with van der Waals surface area (Å²) >= 11 is 0. The van der Waals surface area contributed by atoms with Gasteiger partial charge in [0.25, 0.3) is 5.91 Å².